The molecular weight excluding hydrogens is 278 g/mol. The summed E-state index contributed by atoms with van der Waals surface area (Å²) >= 11 is 0. The molecular formula is C15H17N7. The highest BCUT2D eigenvalue weighted by molar-refractivity contribution is 5.29. The van der Waals surface area contributed by atoms with Crippen molar-refractivity contribution in [3.05, 3.63) is 54.4 Å². The number of nitrogens with one attached hydrogen (secondary N) is 1. The van der Waals surface area contributed by atoms with E-state index in [9.17, 15) is 0 Å². The van der Waals surface area contributed by atoms with Gasteiger partial charge >= 0.3 is 0 Å². The fourth-order valence-electron chi connectivity index (χ4n) is 2.74. The first-order valence-corrected chi connectivity index (χ1v) is 7.45. The molecule has 3 aromatic rings. The normalized spacial score (nSPS) is 17.4. The van der Waals surface area contributed by atoms with Gasteiger partial charge in [0.25, 0.3) is 0 Å². The summed E-state index contributed by atoms with van der Waals surface area (Å²) in [5.41, 5.74) is 1.96. The van der Waals surface area contributed by atoms with Crippen LogP contribution in [0.15, 0.2) is 42.9 Å². The van der Waals surface area contributed by atoms with Crippen molar-refractivity contribution in [2.75, 3.05) is 0 Å². The van der Waals surface area contributed by atoms with Crippen LogP contribution in [0, 0.1) is 0 Å². The van der Waals surface area contributed by atoms with Crippen LogP contribution in [-0.4, -0.2) is 35.8 Å². The van der Waals surface area contributed by atoms with Gasteiger partial charge in [-0.15, -0.1) is 5.10 Å². The molecule has 0 amide bonds. The van der Waals surface area contributed by atoms with Crippen LogP contribution in [0.4, 0.5) is 0 Å². The zero-order valence-corrected chi connectivity index (χ0v) is 12.1. The van der Waals surface area contributed by atoms with Crippen molar-refractivity contribution in [3.63, 3.8) is 0 Å². The van der Waals surface area contributed by atoms with E-state index in [-0.39, 0.29) is 0 Å². The van der Waals surface area contributed by atoms with Crippen LogP contribution in [0.2, 0.25) is 0 Å². The molecule has 0 aliphatic carbocycles. The zero-order chi connectivity index (χ0) is 14.8. The molecule has 7 heteroatoms. The van der Waals surface area contributed by atoms with Crippen molar-refractivity contribution >= 4 is 0 Å². The first kappa shape index (κ1) is 13.1. The van der Waals surface area contributed by atoms with E-state index in [1.165, 1.54) is 0 Å². The Kier molecular flexibility index (Phi) is 3.40. The van der Waals surface area contributed by atoms with E-state index >= 15 is 0 Å². The molecule has 2 aromatic heterocycles. The molecule has 0 saturated carbocycles. The maximum Gasteiger partial charge on any atom is 0.138 e. The minimum atomic E-state index is 0.399. The number of benzene rings is 1. The fourth-order valence-corrected chi connectivity index (χ4v) is 2.74. The lowest BCUT2D eigenvalue weighted by Crippen LogP contribution is -2.37. The molecule has 0 radical (unpaired) electrons. The second-order valence-electron chi connectivity index (χ2n) is 5.46. The number of hydrogen-bond donors (Lipinski definition) is 1. The van der Waals surface area contributed by atoms with E-state index in [1.54, 1.807) is 11.0 Å². The summed E-state index contributed by atoms with van der Waals surface area (Å²) in [5.74, 6) is 1.08. The Morgan fingerprint density at radius 2 is 2.14 bits per heavy atom. The number of fused-ring (bicyclic) bond motifs is 1. The molecule has 0 bridgehead atoms. The van der Waals surface area contributed by atoms with Crippen LogP contribution in [0.25, 0.3) is 5.69 Å². The predicted molar refractivity (Wildman–Crippen MR) is 80.3 cm³/mol. The van der Waals surface area contributed by atoms with Crippen LogP contribution >= 0.6 is 0 Å². The van der Waals surface area contributed by atoms with Crippen LogP contribution in [0.5, 0.6) is 0 Å². The van der Waals surface area contributed by atoms with Crippen molar-refractivity contribution in [3.8, 4) is 5.69 Å². The molecule has 1 atom stereocenters. The monoisotopic (exact) mass is 295 g/mol. The van der Waals surface area contributed by atoms with Crippen molar-refractivity contribution in [1.82, 2.24) is 35.1 Å². The maximum absolute atomic E-state index is 4.24. The van der Waals surface area contributed by atoms with Gasteiger partial charge in [0.2, 0.25) is 0 Å². The summed E-state index contributed by atoms with van der Waals surface area (Å²) in [6.07, 6.45) is 5.63. The highest BCUT2D eigenvalue weighted by Gasteiger charge is 2.19. The van der Waals surface area contributed by atoms with Crippen molar-refractivity contribution in [2.24, 2.45) is 0 Å². The smallest absolute Gasteiger partial charge is 0.138 e. The van der Waals surface area contributed by atoms with E-state index in [2.05, 4.69) is 25.7 Å². The maximum atomic E-state index is 4.24. The lowest BCUT2D eigenvalue weighted by atomic mass is 10.1. The quantitative estimate of drug-likeness (QED) is 0.776. The molecule has 1 aliphatic rings. The lowest BCUT2D eigenvalue weighted by Gasteiger charge is -2.23. The Morgan fingerprint density at radius 3 is 3.05 bits per heavy atom. The van der Waals surface area contributed by atoms with Gasteiger partial charge in [-0.3, -0.25) is 0 Å². The Hall–Kier alpha value is -2.54. The number of nitrogens with zero attached hydrogens (tertiary/aromatic N) is 6. The SMILES string of the molecule is c1ccc(-n2cc(CN[C@H]3CCc4ncnn4C3)nn2)cc1. The summed E-state index contributed by atoms with van der Waals surface area (Å²) in [4.78, 5) is 4.24. The Morgan fingerprint density at radius 1 is 1.23 bits per heavy atom. The highest BCUT2D eigenvalue weighted by Crippen LogP contribution is 2.12. The van der Waals surface area contributed by atoms with E-state index < -0.39 is 0 Å². The lowest BCUT2D eigenvalue weighted by molar-refractivity contribution is 0.356. The van der Waals surface area contributed by atoms with Gasteiger partial charge in [0.15, 0.2) is 0 Å². The topological polar surface area (TPSA) is 73.5 Å². The average Bonchev–Trinajstić information content (AvgIpc) is 3.22. The summed E-state index contributed by atoms with van der Waals surface area (Å²) in [5, 5.41) is 16.2. The molecule has 22 heavy (non-hydrogen) atoms. The number of para-hydroxylation sites is 1. The van der Waals surface area contributed by atoms with Gasteiger partial charge < -0.3 is 5.32 Å². The minimum absolute atomic E-state index is 0.399. The van der Waals surface area contributed by atoms with E-state index in [4.69, 9.17) is 0 Å². The second kappa shape index (κ2) is 5.69. The molecule has 7 nitrogen and oxygen atoms in total. The third-order valence-corrected chi connectivity index (χ3v) is 3.94. The predicted octanol–water partition coefficient (Wildman–Crippen LogP) is 0.963. The van der Waals surface area contributed by atoms with Crippen molar-refractivity contribution in [2.45, 2.75) is 32.0 Å². The Balaban J connectivity index is 1.38. The molecule has 0 unspecified atom stereocenters. The molecule has 4 rings (SSSR count). The van der Waals surface area contributed by atoms with Crippen LogP contribution in [0.3, 0.4) is 0 Å². The first-order valence-electron chi connectivity index (χ1n) is 7.45. The Labute approximate surface area is 128 Å². The van der Waals surface area contributed by atoms with Gasteiger partial charge in [-0.1, -0.05) is 23.4 Å². The summed E-state index contributed by atoms with van der Waals surface area (Å²) in [6.45, 7) is 1.57. The van der Waals surface area contributed by atoms with E-state index in [0.717, 1.165) is 36.6 Å². The fraction of sp³-hybridized carbons (Fsp3) is 0.333. The largest absolute Gasteiger partial charge is 0.306 e. The molecule has 1 aliphatic heterocycles. The standard InChI is InChI=1S/C15H17N7/c1-2-4-14(5-3-1)21-10-13(19-20-21)8-16-12-6-7-15-17-11-18-22(15)9-12/h1-5,10-12,16H,6-9H2/t12-/m0/s1. The molecule has 0 spiro atoms. The molecule has 112 valence electrons. The number of rotatable bonds is 4. The van der Waals surface area contributed by atoms with Gasteiger partial charge in [-0.25, -0.2) is 14.3 Å². The molecule has 1 aromatic carbocycles. The van der Waals surface area contributed by atoms with Gasteiger partial charge in [-0.05, 0) is 18.6 Å². The third kappa shape index (κ3) is 2.62. The molecule has 1 N–H and O–H groups in total. The summed E-state index contributed by atoms with van der Waals surface area (Å²) in [7, 11) is 0. The van der Waals surface area contributed by atoms with Gasteiger partial charge in [0.1, 0.15) is 12.2 Å². The van der Waals surface area contributed by atoms with Gasteiger partial charge in [-0.2, -0.15) is 5.10 Å². The summed E-state index contributed by atoms with van der Waals surface area (Å²) < 4.78 is 3.77. The minimum Gasteiger partial charge on any atom is -0.306 e. The number of hydrogen-bond acceptors (Lipinski definition) is 5. The molecule has 3 heterocycles. The molecule has 0 saturated heterocycles. The third-order valence-electron chi connectivity index (χ3n) is 3.94. The highest BCUT2D eigenvalue weighted by atomic mass is 15.4. The number of aryl methyl sites for hydroxylation is 1. The zero-order valence-electron chi connectivity index (χ0n) is 12.1. The van der Waals surface area contributed by atoms with Gasteiger partial charge in [0.05, 0.1) is 24.1 Å². The van der Waals surface area contributed by atoms with Crippen molar-refractivity contribution < 1.29 is 0 Å². The van der Waals surface area contributed by atoms with Crippen LogP contribution < -0.4 is 5.32 Å². The summed E-state index contributed by atoms with van der Waals surface area (Å²) in [6, 6.07) is 10.4. The van der Waals surface area contributed by atoms with E-state index in [1.807, 2.05) is 41.2 Å². The van der Waals surface area contributed by atoms with E-state index in [0.29, 0.717) is 12.6 Å². The molecule has 0 fully saturated rings. The second-order valence-corrected chi connectivity index (χ2v) is 5.46. The van der Waals surface area contributed by atoms with Crippen molar-refractivity contribution in [1.29, 1.82) is 0 Å². The first-order chi connectivity index (χ1) is 10.9. The van der Waals surface area contributed by atoms with Crippen LogP contribution in [-0.2, 0) is 19.5 Å². The Bertz CT molecular complexity index is 746. The van der Waals surface area contributed by atoms with Gasteiger partial charge in [0, 0.05) is 19.0 Å². The number of aromatic nitrogens is 6. The van der Waals surface area contributed by atoms with Crippen LogP contribution in [0.1, 0.15) is 17.9 Å². The average molecular weight is 295 g/mol.